The van der Waals surface area contributed by atoms with Crippen molar-refractivity contribution in [3.05, 3.63) is 49.1 Å². The van der Waals surface area contributed by atoms with Crippen molar-refractivity contribution in [2.75, 3.05) is 5.32 Å². The predicted octanol–water partition coefficient (Wildman–Crippen LogP) is 5.53. The zero-order valence-corrected chi connectivity index (χ0v) is 13.8. The second kappa shape index (κ2) is 5.77. The fourth-order valence-electron chi connectivity index (χ4n) is 2.57. The standard InChI is InChI=1S/C15H12BrClN2S/c16-15-7-11-13(2-1-3-14(11)20-15)19-10-4-5-12(17)9(6-10)8-18/h4-7,13,19H,1-3H2. The molecule has 2 nitrogen and oxygen atoms in total. The van der Waals surface area contributed by atoms with Crippen LogP contribution in [-0.4, -0.2) is 0 Å². The van der Waals surface area contributed by atoms with E-state index in [1.54, 1.807) is 6.07 Å². The fraction of sp³-hybridized carbons (Fsp3) is 0.267. The topological polar surface area (TPSA) is 35.8 Å². The van der Waals surface area contributed by atoms with E-state index in [-0.39, 0.29) is 0 Å². The summed E-state index contributed by atoms with van der Waals surface area (Å²) in [4.78, 5) is 1.45. The van der Waals surface area contributed by atoms with Gasteiger partial charge in [-0.3, -0.25) is 0 Å². The van der Waals surface area contributed by atoms with Crippen LogP contribution in [0.2, 0.25) is 5.02 Å². The van der Waals surface area contributed by atoms with Crippen molar-refractivity contribution in [1.29, 1.82) is 5.26 Å². The Kier molecular flexibility index (Phi) is 4.02. The second-order valence-electron chi connectivity index (χ2n) is 4.82. The lowest BCUT2D eigenvalue weighted by Crippen LogP contribution is -2.15. The summed E-state index contributed by atoms with van der Waals surface area (Å²) >= 11 is 11.4. The lowest BCUT2D eigenvalue weighted by molar-refractivity contribution is 0.609. The molecule has 0 saturated carbocycles. The number of aryl methyl sites for hydroxylation is 1. The Morgan fingerprint density at radius 1 is 1.40 bits per heavy atom. The maximum absolute atomic E-state index is 9.04. The normalized spacial score (nSPS) is 17.4. The zero-order chi connectivity index (χ0) is 14.1. The number of hydrogen-bond donors (Lipinski definition) is 1. The van der Waals surface area contributed by atoms with Gasteiger partial charge in [-0.25, -0.2) is 0 Å². The molecular formula is C15H12BrClN2S. The molecule has 1 atom stereocenters. The molecule has 2 aromatic rings. The van der Waals surface area contributed by atoms with Gasteiger partial charge < -0.3 is 5.32 Å². The number of rotatable bonds is 2. The summed E-state index contributed by atoms with van der Waals surface area (Å²) in [6, 6.07) is 10.2. The quantitative estimate of drug-likeness (QED) is 0.758. The summed E-state index contributed by atoms with van der Waals surface area (Å²) in [5.41, 5.74) is 2.84. The molecule has 0 amide bonds. The summed E-state index contributed by atoms with van der Waals surface area (Å²) in [7, 11) is 0. The van der Waals surface area contributed by atoms with Crippen LogP contribution in [-0.2, 0) is 6.42 Å². The third kappa shape index (κ3) is 2.71. The SMILES string of the molecule is N#Cc1cc(NC2CCCc3sc(Br)cc32)ccc1Cl. The minimum Gasteiger partial charge on any atom is -0.378 e. The highest BCUT2D eigenvalue weighted by Gasteiger charge is 2.22. The third-order valence-electron chi connectivity index (χ3n) is 3.51. The van der Waals surface area contributed by atoms with E-state index >= 15 is 0 Å². The maximum atomic E-state index is 9.04. The van der Waals surface area contributed by atoms with E-state index in [2.05, 4.69) is 33.4 Å². The van der Waals surface area contributed by atoms with Crippen molar-refractivity contribution >= 4 is 44.6 Å². The summed E-state index contributed by atoms with van der Waals surface area (Å²) in [5.74, 6) is 0. The lowest BCUT2D eigenvalue weighted by Gasteiger charge is -2.24. The lowest BCUT2D eigenvalue weighted by atomic mass is 9.94. The number of thiophene rings is 1. The van der Waals surface area contributed by atoms with E-state index in [0.29, 0.717) is 16.6 Å². The van der Waals surface area contributed by atoms with Crippen LogP contribution < -0.4 is 5.32 Å². The Labute approximate surface area is 135 Å². The molecule has 20 heavy (non-hydrogen) atoms. The minimum absolute atomic E-state index is 0.314. The van der Waals surface area contributed by atoms with Gasteiger partial charge >= 0.3 is 0 Å². The fourth-order valence-corrected chi connectivity index (χ4v) is 4.55. The van der Waals surface area contributed by atoms with Crippen LogP contribution >= 0.6 is 38.9 Å². The number of halogens is 2. The largest absolute Gasteiger partial charge is 0.378 e. The maximum Gasteiger partial charge on any atom is 0.101 e. The van der Waals surface area contributed by atoms with Crippen LogP contribution in [0.25, 0.3) is 0 Å². The van der Waals surface area contributed by atoms with Crippen LogP contribution in [0.4, 0.5) is 5.69 Å². The molecular weight excluding hydrogens is 356 g/mol. The summed E-state index contributed by atoms with van der Waals surface area (Å²) in [6.07, 6.45) is 3.46. The van der Waals surface area contributed by atoms with E-state index in [9.17, 15) is 0 Å². The second-order valence-corrected chi connectivity index (χ2v) is 7.75. The predicted molar refractivity (Wildman–Crippen MR) is 87.5 cm³/mol. The number of anilines is 1. The third-order valence-corrected chi connectivity index (χ3v) is 5.55. The highest BCUT2D eigenvalue weighted by molar-refractivity contribution is 9.11. The Hall–Kier alpha value is -1.02. The van der Waals surface area contributed by atoms with Gasteiger partial charge in [0.05, 0.1) is 20.4 Å². The number of benzene rings is 1. The van der Waals surface area contributed by atoms with Crippen LogP contribution in [0.3, 0.4) is 0 Å². The summed E-state index contributed by atoms with van der Waals surface area (Å²) in [6.45, 7) is 0. The number of fused-ring (bicyclic) bond motifs is 1. The molecule has 0 spiro atoms. The molecule has 1 aromatic heterocycles. The van der Waals surface area contributed by atoms with Crippen molar-refractivity contribution in [2.24, 2.45) is 0 Å². The molecule has 1 aliphatic rings. The van der Waals surface area contributed by atoms with Gasteiger partial charge in [0.1, 0.15) is 6.07 Å². The first-order chi connectivity index (χ1) is 9.67. The van der Waals surface area contributed by atoms with Gasteiger partial charge in [-0.05, 0) is 65.0 Å². The molecule has 1 aliphatic carbocycles. The molecule has 0 aliphatic heterocycles. The smallest absolute Gasteiger partial charge is 0.101 e. The molecule has 1 unspecified atom stereocenters. The molecule has 5 heteroatoms. The molecule has 1 aromatic carbocycles. The van der Waals surface area contributed by atoms with Gasteiger partial charge in [0.15, 0.2) is 0 Å². The molecule has 0 radical (unpaired) electrons. The molecule has 102 valence electrons. The van der Waals surface area contributed by atoms with Crippen LogP contribution in [0.5, 0.6) is 0 Å². The van der Waals surface area contributed by atoms with Gasteiger partial charge in [-0.2, -0.15) is 5.26 Å². The van der Waals surface area contributed by atoms with Crippen LogP contribution in [0, 0.1) is 11.3 Å². The number of nitrogens with zero attached hydrogens (tertiary/aromatic N) is 1. The Morgan fingerprint density at radius 3 is 3.05 bits per heavy atom. The first-order valence-corrected chi connectivity index (χ1v) is 8.40. The average Bonchev–Trinajstić information content (AvgIpc) is 2.82. The first kappa shape index (κ1) is 13.9. The Bertz CT molecular complexity index is 690. The van der Waals surface area contributed by atoms with Gasteiger partial charge in [0.2, 0.25) is 0 Å². The van der Waals surface area contributed by atoms with Crippen molar-refractivity contribution in [2.45, 2.75) is 25.3 Å². The van der Waals surface area contributed by atoms with Crippen molar-refractivity contribution < 1.29 is 0 Å². The Morgan fingerprint density at radius 2 is 2.25 bits per heavy atom. The molecule has 3 rings (SSSR count). The van der Waals surface area contributed by atoms with Crippen LogP contribution in [0.15, 0.2) is 28.1 Å². The van der Waals surface area contributed by atoms with E-state index in [1.165, 1.54) is 20.6 Å². The summed E-state index contributed by atoms with van der Waals surface area (Å²) in [5, 5.41) is 13.1. The zero-order valence-electron chi connectivity index (χ0n) is 10.6. The van der Waals surface area contributed by atoms with Crippen molar-refractivity contribution in [3.8, 4) is 6.07 Å². The molecule has 1 heterocycles. The molecule has 0 saturated heterocycles. The monoisotopic (exact) mass is 366 g/mol. The van der Waals surface area contributed by atoms with Crippen molar-refractivity contribution in [1.82, 2.24) is 0 Å². The van der Waals surface area contributed by atoms with E-state index in [0.717, 1.165) is 18.5 Å². The number of hydrogen-bond acceptors (Lipinski definition) is 3. The van der Waals surface area contributed by atoms with E-state index in [1.807, 2.05) is 23.5 Å². The molecule has 1 N–H and O–H groups in total. The van der Waals surface area contributed by atoms with Gasteiger partial charge in [-0.15, -0.1) is 11.3 Å². The van der Waals surface area contributed by atoms with Crippen LogP contribution in [0.1, 0.15) is 34.9 Å². The minimum atomic E-state index is 0.314. The molecule has 0 bridgehead atoms. The summed E-state index contributed by atoms with van der Waals surface area (Å²) < 4.78 is 1.19. The highest BCUT2D eigenvalue weighted by Crippen LogP contribution is 2.39. The average molecular weight is 368 g/mol. The highest BCUT2D eigenvalue weighted by atomic mass is 79.9. The Balaban J connectivity index is 1.87. The van der Waals surface area contributed by atoms with Crippen molar-refractivity contribution in [3.63, 3.8) is 0 Å². The van der Waals surface area contributed by atoms with Gasteiger partial charge in [0.25, 0.3) is 0 Å². The van der Waals surface area contributed by atoms with Gasteiger partial charge in [0, 0.05) is 10.6 Å². The van der Waals surface area contributed by atoms with Gasteiger partial charge in [-0.1, -0.05) is 11.6 Å². The number of nitriles is 1. The first-order valence-electron chi connectivity index (χ1n) is 6.41. The number of nitrogens with one attached hydrogen (secondary N) is 1. The van der Waals surface area contributed by atoms with E-state index < -0.39 is 0 Å². The molecule has 0 fully saturated rings. The van der Waals surface area contributed by atoms with E-state index in [4.69, 9.17) is 16.9 Å².